The zero-order chi connectivity index (χ0) is 15.4. The van der Waals surface area contributed by atoms with Crippen molar-refractivity contribution >= 4 is 5.88 Å². The Labute approximate surface area is 128 Å². The van der Waals surface area contributed by atoms with E-state index in [1.807, 2.05) is 36.1 Å². The highest BCUT2D eigenvalue weighted by Crippen LogP contribution is 2.23. The average Bonchev–Trinajstić information content (AvgIpc) is 2.98. The molecule has 22 heavy (non-hydrogen) atoms. The molecule has 0 amide bonds. The smallest absolute Gasteiger partial charge is 0.236 e. The zero-order valence-corrected chi connectivity index (χ0v) is 12.4. The zero-order valence-electron chi connectivity index (χ0n) is 12.4. The van der Waals surface area contributed by atoms with Gasteiger partial charge < -0.3 is 18.8 Å². The van der Waals surface area contributed by atoms with Crippen molar-refractivity contribution in [2.75, 3.05) is 31.2 Å². The Morgan fingerprint density at radius 3 is 2.68 bits per heavy atom. The van der Waals surface area contributed by atoms with Crippen molar-refractivity contribution in [1.29, 1.82) is 5.26 Å². The average molecular weight is 299 g/mol. The second-order valence-corrected chi connectivity index (χ2v) is 5.07. The Balaban J connectivity index is 1.70. The lowest BCUT2D eigenvalue weighted by atomic mass is 10.2. The van der Waals surface area contributed by atoms with Crippen molar-refractivity contribution in [3.8, 4) is 11.8 Å². The summed E-state index contributed by atoms with van der Waals surface area (Å²) in [7, 11) is 0. The predicted octanol–water partition coefficient (Wildman–Crippen LogP) is 2.27. The first-order chi connectivity index (χ1) is 10.8. The first kappa shape index (κ1) is 14.4. The van der Waals surface area contributed by atoms with Gasteiger partial charge in [-0.2, -0.15) is 10.2 Å². The van der Waals surface area contributed by atoms with Gasteiger partial charge in [0.05, 0.1) is 13.2 Å². The second-order valence-electron chi connectivity index (χ2n) is 5.07. The van der Waals surface area contributed by atoms with Gasteiger partial charge in [-0.15, -0.1) is 0 Å². The van der Waals surface area contributed by atoms with Crippen LogP contribution < -0.4 is 9.64 Å². The predicted molar refractivity (Wildman–Crippen MR) is 79.8 cm³/mol. The van der Waals surface area contributed by atoms with E-state index >= 15 is 0 Å². The van der Waals surface area contributed by atoms with E-state index in [0.29, 0.717) is 43.8 Å². The largest absolute Gasteiger partial charge is 0.484 e. The monoisotopic (exact) mass is 299 g/mol. The Bertz CT molecular complexity index is 667. The fourth-order valence-electron chi connectivity index (χ4n) is 2.25. The van der Waals surface area contributed by atoms with Crippen molar-refractivity contribution in [3.63, 3.8) is 0 Å². The minimum atomic E-state index is 0.197. The maximum absolute atomic E-state index is 9.21. The molecule has 0 unspecified atom stereocenters. The van der Waals surface area contributed by atoms with Crippen molar-refractivity contribution in [2.24, 2.45) is 0 Å². The molecule has 1 saturated heterocycles. The van der Waals surface area contributed by atoms with Crippen molar-refractivity contribution in [1.82, 2.24) is 4.98 Å². The standard InChI is InChI=1S/C16H17N3O3/c1-12-2-4-13(5-3-12)21-11-15-18-14(10-17)16(22-15)19-6-8-20-9-7-19/h2-5H,6-9,11H2,1H3. The van der Waals surface area contributed by atoms with Crippen LogP contribution in [0.15, 0.2) is 28.7 Å². The van der Waals surface area contributed by atoms with Crippen LogP contribution in [0.1, 0.15) is 17.1 Å². The van der Waals surface area contributed by atoms with Crippen LogP contribution in [-0.4, -0.2) is 31.3 Å². The molecule has 0 spiro atoms. The van der Waals surface area contributed by atoms with Gasteiger partial charge in [0.1, 0.15) is 11.8 Å². The topological polar surface area (TPSA) is 71.5 Å². The van der Waals surface area contributed by atoms with Crippen LogP contribution in [0.4, 0.5) is 5.88 Å². The molecule has 6 nitrogen and oxygen atoms in total. The molecule has 1 aromatic heterocycles. The number of aromatic nitrogens is 1. The summed E-state index contributed by atoms with van der Waals surface area (Å²) in [4.78, 5) is 6.18. The van der Waals surface area contributed by atoms with E-state index in [9.17, 15) is 5.26 Å². The first-order valence-corrected chi connectivity index (χ1v) is 7.18. The maximum Gasteiger partial charge on any atom is 0.236 e. The molecule has 0 saturated carbocycles. The second kappa shape index (κ2) is 6.50. The highest BCUT2D eigenvalue weighted by Gasteiger charge is 2.21. The van der Waals surface area contributed by atoms with E-state index in [2.05, 4.69) is 11.1 Å². The third-order valence-corrected chi connectivity index (χ3v) is 3.44. The number of anilines is 1. The molecule has 1 aliphatic rings. The summed E-state index contributed by atoms with van der Waals surface area (Å²) in [6.07, 6.45) is 0. The number of aryl methyl sites for hydroxylation is 1. The van der Waals surface area contributed by atoms with E-state index in [-0.39, 0.29) is 6.61 Å². The van der Waals surface area contributed by atoms with Crippen molar-refractivity contribution < 1.29 is 13.9 Å². The number of ether oxygens (including phenoxy) is 2. The van der Waals surface area contributed by atoms with Crippen LogP contribution in [0, 0.1) is 18.3 Å². The normalized spacial score (nSPS) is 14.6. The Morgan fingerprint density at radius 1 is 1.27 bits per heavy atom. The van der Waals surface area contributed by atoms with Gasteiger partial charge in [-0.05, 0) is 19.1 Å². The molecule has 1 aromatic carbocycles. The van der Waals surface area contributed by atoms with Gasteiger partial charge in [0.2, 0.25) is 17.5 Å². The van der Waals surface area contributed by atoms with Gasteiger partial charge in [0.25, 0.3) is 0 Å². The molecular formula is C16H17N3O3. The van der Waals surface area contributed by atoms with E-state index in [4.69, 9.17) is 13.9 Å². The first-order valence-electron chi connectivity index (χ1n) is 7.18. The number of hydrogen-bond donors (Lipinski definition) is 0. The third-order valence-electron chi connectivity index (χ3n) is 3.44. The van der Waals surface area contributed by atoms with Crippen LogP contribution in [0.2, 0.25) is 0 Å². The summed E-state index contributed by atoms with van der Waals surface area (Å²) in [6, 6.07) is 9.82. The van der Waals surface area contributed by atoms with E-state index in [0.717, 1.165) is 5.75 Å². The van der Waals surface area contributed by atoms with Crippen LogP contribution in [0.5, 0.6) is 5.75 Å². The van der Waals surface area contributed by atoms with Gasteiger partial charge >= 0.3 is 0 Å². The van der Waals surface area contributed by atoms with Gasteiger partial charge in [-0.3, -0.25) is 0 Å². The number of nitrogens with zero attached hydrogens (tertiary/aromatic N) is 3. The number of rotatable bonds is 4. The highest BCUT2D eigenvalue weighted by atomic mass is 16.5. The Kier molecular flexibility index (Phi) is 4.26. The molecule has 114 valence electrons. The summed E-state index contributed by atoms with van der Waals surface area (Å²) in [5.41, 5.74) is 1.47. The molecule has 0 atom stereocenters. The molecule has 3 rings (SSSR count). The van der Waals surface area contributed by atoms with Crippen LogP contribution in [0.3, 0.4) is 0 Å². The molecule has 2 heterocycles. The van der Waals surface area contributed by atoms with E-state index < -0.39 is 0 Å². The van der Waals surface area contributed by atoms with Gasteiger partial charge in [-0.1, -0.05) is 17.7 Å². The number of oxazole rings is 1. The number of benzene rings is 1. The molecule has 6 heteroatoms. The van der Waals surface area contributed by atoms with E-state index in [1.165, 1.54) is 5.56 Å². The Morgan fingerprint density at radius 2 is 2.00 bits per heavy atom. The third kappa shape index (κ3) is 3.21. The summed E-state index contributed by atoms with van der Waals surface area (Å²) in [6.45, 7) is 4.86. The number of hydrogen-bond acceptors (Lipinski definition) is 6. The molecule has 0 aliphatic carbocycles. The quantitative estimate of drug-likeness (QED) is 0.862. The van der Waals surface area contributed by atoms with Crippen molar-refractivity contribution in [2.45, 2.75) is 13.5 Å². The van der Waals surface area contributed by atoms with Crippen LogP contribution >= 0.6 is 0 Å². The number of nitriles is 1. The lowest BCUT2D eigenvalue weighted by Gasteiger charge is -2.25. The van der Waals surface area contributed by atoms with Crippen LogP contribution in [-0.2, 0) is 11.3 Å². The lowest BCUT2D eigenvalue weighted by molar-refractivity contribution is 0.120. The fourth-order valence-corrected chi connectivity index (χ4v) is 2.25. The van der Waals surface area contributed by atoms with Crippen molar-refractivity contribution in [3.05, 3.63) is 41.4 Å². The molecule has 0 bridgehead atoms. The Hall–Kier alpha value is -2.52. The minimum Gasteiger partial charge on any atom is -0.484 e. The SMILES string of the molecule is Cc1ccc(OCc2nc(C#N)c(N3CCOCC3)o2)cc1. The molecular weight excluding hydrogens is 282 g/mol. The summed E-state index contributed by atoms with van der Waals surface area (Å²) in [5, 5.41) is 9.21. The lowest BCUT2D eigenvalue weighted by Crippen LogP contribution is -2.36. The summed E-state index contributed by atoms with van der Waals surface area (Å²) >= 11 is 0. The summed E-state index contributed by atoms with van der Waals surface area (Å²) in [5.74, 6) is 1.65. The summed E-state index contributed by atoms with van der Waals surface area (Å²) < 4.78 is 16.6. The van der Waals surface area contributed by atoms with Crippen LogP contribution in [0.25, 0.3) is 0 Å². The van der Waals surface area contributed by atoms with Gasteiger partial charge in [-0.25, -0.2) is 0 Å². The molecule has 1 fully saturated rings. The van der Waals surface area contributed by atoms with E-state index in [1.54, 1.807) is 0 Å². The molecule has 0 radical (unpaired) electrons. The molecule has 0 N–H and O–H groups in total. The molecule has 1 aliphatic heterocycles. The number of morpholine rings is 1. The maximum atomic E-state index is 9.21. The van der Waals surface area contributed by atoms with Gasteiger partial charge in [0, 0.05) is 13.1 Å². The fraction of sp³-hybridized carbons (Fsp3) is 0.375. The highest BCUT2D eigenvalue weighted by molar-refractivity contribution is 5.48. The van der Waals surface area contributed by atoms with Gasteiger partial charge in [0.15, 0.2) is 6.61 Å². The minimum absolute atomic E-state index is 0.197. The molecule has 2 aromatic rings.